The Bertz CT molecular complexity index is 438. The molecule has 1 N–H and O–H groups in total. The molecule has 0 spiro atoms. The van der Waals surface area contributed by atoms with Crippen molar-refractivity contribution in [2.45, 2.75) is 0 Å². The van der Waals surface area contributed by atoms with Crippen molar-refractivity contribution in [3.8, 4) is 23.8 Å². The van der Waals surface area contributed by atoms with Crippen LogP contribution in [0.2, 0.25) is 5.02 Å². The lowest BCUT2D eigenvalue weighted by molar-refractivity contribution is 0.321. The van der Waals surface area contributed by atoms with E-state index in [1.807, 2.05) is 0 Å². The number of ether oxygens (including phenoxy) is 2. The van der Waals surface area contributed by atoms with Gasteiger partial charge in [-0.25, -0.2) is 0 Å². The van der Waals surface area contributed by atoms with Crippen molar-refractivity contribution >= 4 is 17.8 Å². The summed E-state index contributed by atoms with van der Waals surface area (Å²) in [5, 5.41) is 11.7. The van der Waals surface area contributed by atoms with Crippen LogP contribution in [-0.2, 0) is 0 Å². The van der Waals surface area contributed by atoms with Crippen LogP contribution >= 0.6 is 11.6 Å². The van der Waals surface area contributed by atoms with Gasteiger partial charge in [-0.05, 0) is 12.1 Å². The first-order valence-corrected chi connectivity index (χ1v) is 4.72. The molecule has 0 atom stereocenters. The Morgan fingerprint density at radius 3 is 2.94 bits per heavy atom. The van der Waals surface area contributed by atoms with Gasteiger partial charge in [-0.1, -0.05) is 22.7 Å². The van der Waals surface area contributed by atoms with Gasteiger partial charge in [0.05, 0.1) is 18.3 Å². The number of rotatable bonds is 4. The van der Waals surface area contributed by atoms with Crippen molar-refractivity contribution in [2.24, 2.45) is 5.16 Å². The highest BCUT2D eigenvalue weighted by molar-refractivity contribution is 6.32. The average molecular weight is 240 g/mol. The molecule has 1 aromatic rings. The van der Waals surface area contributed by atoms with E-state index in [4.69, 9.17) is 32.7 Å². The molecular weight excluding hydrogens is 230 g/mol. The third-order valence-corrected chi connectivity index (χ3v) is 2.04. The molecule has 0 aliphatic rings. The summed E-state index contributed by atoms with van der Waals surface area (Å²) in [6.07, 6.45) is 6.32. The third-order valence-electron chi connectivity index (χ3n) is 1.76. The van der Waals surface area contributed by atoms with Gasteiger partial charge in [-0.15, -0.1) is 6.42 Å². The maximum Gasteiger partial charge on any atom is 0.181 e. The largest absolute Gasteiger partial charge is 0.493 e. The van der Waals surface area contributed by atoms with Crippen LogP contribution < -0.4 is 9.47 Å². The number of hydrogen-bond donors (Lipinski definition) is 1. The summed E-state index contributed by atoms with van der Waals surface area (Å²) in [5.41, 5.74) is 0.595. The quantitative estimate of drug-likeness (QED) is 0.379. The lowest BCUT2D eigenvalue weighted by Crippen LogP contribution is -1.98. The molecule has 0 saturated carbocycles. The van der Waals surface area contributed by atoms with Gasteiger partial charge in [0.1, 0.15) is 6.61 Å². The highest BCUT2D eigenvalue weighted by Gasteiger charge is 2.10. The molecule has 16 heavy (non-hydrogen) atoms. The zero-order valence-corrected chi connectivity index (χ0v) is 9.36. The number of nitrogens with zero attached hydrogens (tertiary/aromatic N) is 1. The number of benzene rings is 1. The summed E-state index contributed by atoms with van der Waals surface area (Å²) in [7, 11) is 1.48. The van der Waals surface area contributed by atoms with Crippen molar-refractivity contribution < 1.29 is 14.7 Å². The van der Waals surface area contributed by atoms with Crippen molar-refractivity contribution in [1.82, 2.24) is 0 Å². The van der Waals surface area contributed by atoms with Crippen LogP contribution in [0.25, 0.3) is 0 Å². The minimum Gasteiger partial charge on any atom is -0.493 e. The van der Waals surface area contributed by atoms with E-state index in [-0.39, 0.29) is 6.61 Å². The van der Waals surface area contributed by atoms with Gasteiger partial charge in [-0.3, -0.25) is 0 Å². The van der Waals surface area contributed by atoms with Crippen LogP contribution in [0.3, 0.4) is 0 Å². The Labute approximate surface area is 98.4 Å². The van der Waals surface area contributed by atoms with Crippen LogP contribution in [0.15, 0.2) is 17.3 Å². The Hall–Kier alpha value is -1.86. The highest BCUT2D eigenvalue weighted by Crippen LogP contribution is 2.35. The zero-order valence-electron chi connectivity index (χ0n) is 8.61. The molecule has 0 bridgehead atoms. The normalized spacial score (nSPS) is 10.1. The predicted octanol–water partition coefficient (Wildman–Crippen LogP) is 2.17. The highest BCUT2D eigenvalue weighted by atomic mass is 35.5. The fourth-order valence-corrected chi connectivity index (χ4v) is 1.41. The molecule has 1 rings (SSSR count). The van der Waals surface area contributed by atoms with E-state index in [9.17, 15) is 0 Å². The van der Waals surface area contributed by atoms with E-state index in [1.165, 1.54) is 13.3 Å². The minimum atomic E-state index is 0.101. The van der Waals surface area contributed by atoms with Crippen molar-refractivity contribution in [3.63, 3.8) is 0 Å². The summed E-state index contributed by atoms with van der Waals surface area (Å²) in [6, 6.07) is 3.20. The molecule has 0 aliphatic carbocycles. The van der Waals surface area contributed by atoms with Crippen LogP contribution in [-0.4, -0.2) is 25.1 Å². The average Bonchev–Trinajstić information content (AvgIpc) is 2.27. The van der Waals surface area contributed by atoms with Crippen molar-refractivity contribution in [3.05, 3.63) is 22.7 Å². The second kappa shape index (κ2) is 5.89. The fourth-order valence-electron chi connectivity index (χ4n) is 1.13. The van der Waals surface area contributed by atoms with E-state index in [2.05, 4.69) is 11.1 Å². The summed E-state index contributed by atoms with van der Waals surface area (Å²) >= 11 is 5.97. The molecule has 0 heterocycles. The molecule has 4 nitrogen and oxygen atoms in total. The first-order valence-electron chi connectivity index (χ1n) is 4.34. The first-order chi connectivity index (χ1) is 7.72. The maximum atomic E-state index is 8.41. The molecule has 0 aromatic heterocycles. The van der Waals surface area contributed by atoms with E-state index in [1.54, 1.807) is 12.1 Å². The smallest absolute Gasteiger partial charge is 0.181 e. The van der Waals surface area contributed by atoms with Crippen molar-refractivity contribution in [1.29, 1.82) is 0 Å². The van der Waals surface area contributed by atoms with Crippen molar-refractivity contribution in [2.75, 3.05) is 13.7 Å². The lowest BCUT2D eigenvalue weighted by Gasteiger charge is -2.11. The van der Waals surface area contributed by atoms with E-state index in [0.29, 0.717) is 22.1 Å². The molecule has 0 amide bonds. The van der Waals surface area contributed by atoms with Gasteiger partial charge >= 0.3 is 0 Å². The molecule has 5 heteroatoms. The van der Waals surface area contributed by atoms with Crippen LogP contribution in [0.5, 0.6) is 11.5 Å². The lowest BCUT2D eigenvalue weighted by atomic mass is 10.2. The van der Waals surface area contributed by atoms with E-state index < -0.39 is 0 Å². The van der Waals surface area contributed by atoms with Gasteiger partial charge in [0, 0.05) is 5.56 Å². The molecule has 0 aliphatic heterocycles. The molecule has 1 aromatic carbocycles. The Kier molecular flexibility index (Phi) is 4.49. The molecule has 0 radical (unpaired) electrons. The SMILES string of the molecule is C#CCOc1c(Cl)cc(/C=N/O)cc1OC. The minimum absolute atomic E-state index is 0.101. The zero-order chi connectivity index (χ0) is 12.0. The second-order valence-electron chi connectivity index (χ2n) is 2.77. The van der Waals surface area contributed by atoms with E-state index in [0.717, 1.165) is 0 Å². The van der Waals surface area contributed by atoms with Crippen LogP contribution in [0.1, 0.15) is 5.56 Å². The number of hydrogen-bond acceptors (Lipinski definition) is 4. The summed E-state index contributed by atoms with van der Waals surface area (Å²) in [4.78, 5) is 0. The van der Waals surface area contributed by atoms with Gasteiger partial charge in [-0.2, -0.15) is 0 Å². The summed E-state index contributed by atoms with van der Waals surface area (Å²) in [5.74, 6) is 3.13. The molecule has 84 valence electrons. The number of halogens is 1. The molecule has 0 unspecified atom stereocenters. The molecular formula is C11H10ClNO3. The summed E-state index contributed by atoms with van der Waals surface area (Å²) in [6.45, 7) is 0.101. The van der Waals surface area contributed by atoms with Gasteiger partial charge in [0.15, 0.2) is 11.5 Å². The third kappa shape index (κ3) is 2.81. The predicted molar refractivity (Wildman–Crippen MR) is 61.7 cm³/mol. The monoisotopic (exact) mass is 239 g/mol. The van der Waals surface area contributed by atoms with E-state index >= 15 is 0 Å². The Morgan fingerprint density at radius 2 is 2.38 bits per heavy atom. The Morgan fingerprint density at radius 1 is 1.62 bits per heavy atom. The fraction of sp³-hybridized carbons (Fsp3) is 0.182. The van der Waals surface area contributed by atoms with Crippen LogP contribution in [0.4, 0.5) is 0 Å². The van der Waals surface area contributed by atoms with Gasteiger partial charge in [0.25, 0.3) is 0 Å². The molecule has 0 saturated heterocycles. The molecule has 0 fully saturated rings. The van der Waals surface area contributed by atoms with Gasteiger partial charge < -0.3 is 14.7 Å². The van der Waals surface area contributed by atoms with Crippen LogP contribution in [0, 0.1) is 12.3 Å². The second-order valence-corrected chi connectivity index (χ2v) is 3.18. The maximum absolute atomic E-state index is 8.41. The first kappa shape index (κ1) is 12.2. The number of oxime groups is 1. The number of methoxy groups -OCH3 is 1. The van der Waals surface area contributed by atoms with Gasteiger partial charge in [0.2, 0.25) is 0 Å². The standard InChI is InChI=1S/C11H10ClNO3/c1-3-4-16-11-9(12)5-8(7-13-14)6-10(11)15-2/h1,5-7,14H,4H2,2H3/b13-7+. The Balaban J connectivity index is 3.13. The number of terminal acetylenes is 1. The topological polar surface area (TPSA) is 51.0 Å². The summed E-state index contributed by atoms with van der Waals surface area (Å²) < 4.78 is 10.3.